The molecule has 8 nitrogen and oxygen atoms in total. The van der Waals surface area contributed by atoms with Gasteiger partial charge in [-0.2, -0.15) is 5.10 Å². The van der Waals surface area contributed by atoms with E-state index in [0.717, 1.165) is 0 Å². The Morgan fingerprint density at radius 3 is 2.36 bits per heavy atom. The third-order valence-corrected chi connectivity index (χ3v) is 4.57. The van der Waals surface area contributed by atoms with E-state index in [1.54, 1.807) is 54.6 Å². The number of carbonyl (C=O) groups excluding carboxylic acids is 3. The normalized spacial score (nSPS) is 10.5. The number of nitrogens with zero attached hydrogens (tertiary/aromatic N) is 1. The summed E-state index contributed by atoms with van der Waals surface area (Å²) >= 11 is 5.86. The minimum atomic E-state index is -0.993. The lowest BCUT2D eigenvalue weighted by atomic mass is 10.1. The van der Waals surface area contributed by atoms with Crippen molar-refractivity contribution in [2.24, 2.45) is 5.10 Å². The molecule has 0 heterocycles. The van der Waals surface area contributed by atoms with E-state index in [9.17, 15) is 14.4 Å². The van der Waals surface area contributed by atoms with Gasteiger partial charge in [0.05, 0.1) is 24.1 Å². The maximum absolute atomic E-state index is 12.7. The molecule has 3 aromatic rings. The Morgan fingerprint density at radius 1 is 0.909 bits per heavy atom. The molecule has 0 aliphatic rings. The summed E-state index contributed by atoms with van der Waals surface area (Å²) in [5.74, 6) is -1.83. The lowest BCUT2D eigenvalue weighted by Crippen LogP contribution is -2.33. The number of halogens is 1. The zero-order valence-corrected chi connectivity index (χ0v) is 18.4. The van der Waals surface area contributed by atoms with Crippen LogP contribution in [0.25, 0.3) is 0 Å². The van der Waals surface area contributed by atoms with Gasteiger partial charge in [-0.25, -0.2) is 5.43 Å². The standard InChI is InChI=1S/C24H21ClN4O4/c1-2-33-21-10-6-3-7-16(21)15-26-29-24(32)23(31)28-20-9-5-4-8-19(20)22(30)27-18-13-11-17(25)12-14-18/h3-15H,2H2,1H3,(H,27,30)(H,28,31)(H,29,32). The van der Waals surface area contributed by atoms with Gasteiger partial charge in [-0.1, -0.05) is 35.9 Å². The molecular weight excluding hydrogens is 444 g/mol. The molecule has 0 aliphatic carbocycles. The Kier molecular flexibility index (Phi) is 8.15. The molecule has 0 atom stereocenters. The summed E-state index contributed by atoms with van der Waals surface area (Å²) in [6.07, 6.45) is 1.38. The van der Waals surface area contributed by atoms with Crippen LogP contribution in [0, 0.1) is 0 Å². The highest BCUT2D eigenvalue weighted by atomic mass is 35.5. The van der Waals surface area contributed by atoms with E-state index in [-0.39, 0.29) is 11.3 Å². The fraction of sp³-hybridized carbons (Fsp3) is 0.0833. The number of anilines is 2. The first kappa shape index (κ1) is 23.5. The number of amides is 3. The summed E-state index contributed by atoms with van der Waals surface area (Å²) in [5.41, 5.74) is 3.70. The van der Waals surface area contributed by atoms with Crippen LogP contribution in [0.2, 0.25) is 5.02 Å². The van der Waals surface area contributed by atoms with Crippen molar-refractivity contribution < 1.29 is 19.1 Å². The largest absolute Gasteiger partial charge is 0.493 e. The fourth-order valence-corrected chi connectivity index (χ4v) is 2.91. The number of hydrazone groups is 1. The highest BCUT2D eigenvalue weighted by molar-refractivity contribution is 6.40. The zero-order chi connectivity index (χ0) is 23.6. The molecule has 3 amide bonds. The minimum absolute atomic E-state index is 0.176. The smallest absolute Gasteiger partial charge is 0.329 e. The van der Waals surface area contributed by atoms with Crippen LogP contribution in [0.4, 0.5) is 11.4 Å². The van der Waals surface area contributed by atoms with E-state index in [1.807, 2.05) is 13.0 Å². The minimum Gasteiger partial charge on any atom is -0.493 e. The Labute approximate surface area is 195 Å². The van der Waals surface area contributed by atoms with Gasteiger partial charge in [-0.3, -0.25) is 14.4 Å². The van der Waals surface area contributed by atoms with Crippen molar-refractivity contribution in [1.82, 2.24) is 5.43 Å². The fourth-order valence-electron chi connectivity index (χ4n) is 2.79. The average Bonchev–Trinajstić information content (AvgIpc) is 2.82. The second-order valence-electron chi connectivity index (χ2n) is 6.63. The van der Waals surface area contributed by atoms with E-state index in [0.29, 0.717) is 28.6 Å². The van der Waals surface area contributed by atoms with E-state index < -0.39 is 17.7 Å². The number of ether oxygens (including phenoxy) is 1. The summed E-state index contributed by atoms with van der Waals surface area (Å²) in [5, 5.41) is 9.50. The first-order valence-corrected chi connectivity index (χ1v) is 10.4. The molecular formula is C24H21ClN4O4. The molecule has 0 aliphatic heterocycles. The van der Waals surface area contributed by atoms with E-state index in [2.05, 4.69) is 21.2 Å². The SMILES string of the molecule is CCOc1ccccc1C=NNC(=O)C(=O)Nc1ccccc1C(=O)Nc1ccc(Cl)cc1. The summed E-state index contributed by atoms with van der Waals surface area (Å²) in [6, 6.07) is 20.0. The first-order valence-electron chi connectivity index (χ1n) is 10.00. The Balaban J connectivity index is 1.64. The van der Waals surface area contributed by atoms with Crippen LogP contribution in [0.1, 0.15) is 22.8 Å². The van der Waals surface area contributed by atoms with Crippen molar-refractivity contribution in [1.29, 1.82) is 0 Å². The first-order chi connectivity index (χ1) is 16.0. The monoisotopic (exact) mass is 464 g/mol. The second kappa shape index (κ2) is 11.4. The maximum atomic E-state index is 12.7. The molecule has 168 valence electrons. The molecule has 0 fully saturated rings. The van der Waals surface area contributed by atoms with Gasteiger partial charge in [0.1, 0.15) is 5.75 Å². The molecule has 33 heavy (non-hydrogen) atoms. The predicted molar refractivity (Wildman–Crippen MR) is 128 cm³/mol. The van der Waals surface area contributed by atoms with Crippen LogP contribution in [0.5, 0.6) is 5.75 Å². The van der Waals surface area contributed by atoms with Crippen molar-refractivity contribution >= 4 is 46.9 Å². The summed E-state index contributed by atoms with van der Waals surface area (Å²) in [4.78, 5) is 37.2. The number of rotatable bonds is 7. The lowest BCUT2D eigenvalue weighted by Gasteiger charge is -2.11. The molecule has 9 heteroatoms. The van der Waals surface area contributed by atoms with E-state index in [4.69, 9.17) is 16.3 Å². The molecule has 0 unspecified atom stereocenters. The van der Waals surface area contributed by atoms with E-state index in [1.165, 1.54) is 18.3 Å². The lowest BCUT2D eigenvalue weighted by molar-refractivity contribution is -0.136. The van der Waals surface area contributed by atoms with Crippen LogP contribution in [0.15, 0.2) is 77.9 Å². The number of hydrogen-bond donors (Lipinski definition) is 3. The van der Waals surface area contributed by atoms with Crippen molar-refractivity contribution in [3.05, 3.63) is 88.9 Å². The third-order valence-electron chi connectivity index (χ3n) is 4.32. The number of hydrogen-bond acceptors (Lipinski definition) is 5. The van der Waals surface area contributed by atoms with Crippen LogP contribution in [-0.2, 0) is 9.59 Å². The summed E-state index contributed by atoms with van der Waals surface area (Å²) < 4.78 is 5.48. The third kappa shape index (κ3) is 6.65. The van der Waals surface area contributed by atoms with Gasteiger partial charge in [0.25, 0.3) is 5.91 Å². The quantitative estimate of drug-likeness (QED) is 0.278. The van der Waals surface area contributed by atoms with E-state index >= 15 is 0 Å². The van der Waals surface area contributed by atoms with Gasteiger partial charge < -0.3 is 15.4 Å². The van der Waals surface area contributed by atoms with Crippen molar-refractivity contribution in [2.45, 2.75) is 6.92 Å². The summed E-state index contributed by atoms with van der Waals surface area (Å²) in [6.45, 7) is 2.33. The summed E-state index contributed by atoms with van der Waals surface area (Å²) in [7, 11) is 0. The van der Waals surface area contributed by atoms with Crippen LogP contribution < -0.4 is 20.8 Å². The molecule has 0 saturated carbocycles. The molecule has 0 bridgehead atoms. The predicted octanol–water partition coefficient (Wildman–Crippen LogP) is 4.08. The highest BCUT2D eigenvalue weighted by Gasteiger charge is 2.18. The zero-order valence-electron chi connectivity index (χ0n) is 17.7. The molecule has 3 N–H and O–H groups in total. The number of benzene rings is 3. The van der Waals surface area contributed by atoms with Gasteiger partial charge in [0.15, 0.2) is 0 Å². The maximum Gasteiger partial charge on any atom is 0.329 e. The highest BCUT2D eigenvalue weighted by Crippen LogP contribution is 2.19. The Morgan fingerprint density at radius 2 is 1.61 bits per heavy atom. The number of carbonyl (C=O) groups is 3. The van der Waals surface area contributed by atoms with Gasteiger partial charge in [0.2, 0.25) is 0 Å². The molecule has 3 aromatic carbocycles. The topological polar surface area (TPSA) is 109 Å². The number of para-hydroxylation sites is 2. The molecule has 0 saturated heterocycles. The van der Waals surface area contributed by atoms with Crippen molar-refractivity contribution in [3.8, 4) is 5.75 Å². The van der Waals surface area contributed by atoms with Crippen molar-refractivity contribution in [3.63, 3.8) is 0 Å². The Hall–Kier alpha value is -4.17. The van der Waals surface area contributed by atoms with Crippen LogP contribution in [-0.4, -0.2) is 30.5 Å². The second-order valence-corrected chi connectivity index (χ2v) is 7.07. The Bertz CT molecular complexity index is 1180. The molecule has 0 radical (unpaired) electrons. The number of nitrogens with one attached hydrogen (secondary N) is 3. The molecule has 0 spiro atoms. The van der Waals surface area contributed by atoms with Crippen molar-refractivity contribution in [2.75, 3.05) is 17.2 Å². The van der Waals surface area contributed by atoms with Gasteiger partial charge in [-0.05, 0) is 55.5 Å². The molecule has 0 aromatic heterocycles. The van der Waals surface area contributed by atoms with Gasteiger partial charge in [-0.15, -0.1) is 0 Å². The van der Waals surface area contributed by atoms with Gasteiger partial charge in [0, 0.05) is 16.3 Å². The molecule has 3 rings (SSSR count). The average molecular weight is 465 g/mol. The van der Waals surface area contributed by atoms with Crippen LogP contribution >= 0.6 is 11.6 Å². The van der Waals surface area contributed by atoms with Crippen LogP contribution in [0.3, 0.4) is 0 Å². The van der Waals surface area contributed by atoms with Gasteiger partial charge >= 0.3 is 11.8 Å².